The van der Waals surface area contributed by atoms with Gasteiger partial charge in [-0.3, -0.25) is 29.5 Å². The Morgan fingerprint density at radius 3 is 2.57 bits per heavy atom. The maximum Gasteiger partial charge on any atom is 0.324 e. The fraction of sp³-hybridized carbons (Fsp3) is 0.500. The van der Waals surface area contributed by atoms with Gasteiger partial charge < -0.3 is 5.32 Å². The van der Waals surface area contributed by atoms with Gasteiger partial charge in [-0.25, -0.2) is 4.79 Å². The van der Waals surface area contributed by atoms with Gasteiger partial charge in [0.2, 0.25) is 11.8 Å². The zero-order valence-electron chi connectivity index (χ0n) is 16.7. The minimum Gasteiger partial charge on any atom is -0.333 e. The number of amides is 5. The van der Waals surface area contributed by atoms with E-state index in [1.54, 1.807) is 12.1 Å². The van der Waals surface area contributed by atoms with Crippen LogP contribution in [0.2, 0.25) is 0 Å². The predicted molar refractivity (Wildman–Crippen MR) is 102 cm³/mol. The third kappa shape index (κ3) is 4.06. The molecule has 150 valence electrons. The smallest absolute Gasteiger partial charge is 0.324 e. The van der Waals surface area contributed by atoms with Crippen molar-refractivity contribution in [2.45, 2.75) is 58.3 Å². The minimum absolute atomic E-state index is 0.250. The SMILES string of the molecule is CN(C(=O)NC(C)(C)C)C(=O)c1cccc2c1CN(C1CCC(=O)NC1=O)C2. The standard InChI is InChI=1S/C20H26N4O4/c1-20(2,3)22-19(28)23(4)18(27)13-7-5-6-12-10-24(11-14(12)13)15-8-9-16(25)21-17(15)26/h5-7,15H,8-11H2,1-4H3,(H,22,28)(H,21,25,26). The van der Waals surface area contributed by atoms with Crippen molar-refractivity contribution in [2.75, 3.05) is 7.05 Å². The Morgan fingerprint density at radius 1 is 1.21 bits per heavy atom. The van der Waals surface area contributed by atoms with Gasteiger partial charge in [-0.05, 0) is 44.4 Å². The predicted octanol–water partition coefficient (Wildman–Crippen LogP) is 1.39. The lowest BCUT2D eigenvalue weighted by Crippen LogP contribution is -2.51. The van der Waals surface area contributed by atoms with E-state index in [2.05, 4.69) is 10.6 Å². The molecule has 2 heterocycles. The Kier molecular flexibility index (Phi) is 5.25. The molecule has 0 radical (unpaired) electrons. The molecule has 28 heavy (non-hydrogen) atoms. The molecule has 2 aliphatic heterocycles. The summed E-state index contributed by atoms with van der Waals surface area (Å²) in [5, 5.41) is 5.16. The van der Waals surface area contributed by atoms with E-state index in [0.717, 1.165) is 16.0 Å². The lowest BCUT2D eigenvalue weighted by molar-refractivity contribution is -0.137. The van der Waals surface area contributed by atoms with Gasteiger partial charge in [-0.15, -0.1) is 0 Å². The molecule has 1 fully saturated rings. The maximum absolute atomic E-state index is 12.9. The highest BCUT2D eigenvalue weighted by molar-refractivity contribution is 6.05. The molecule has 0 aromatic heterocycles. The van der Waals surface area contributed by atoms with E-state index < -0.39 is 17.6 Å². The molecular weight excluding hydrogens is 360 g/mol. The van der Waals surface area contributed by atoms with Gasteiger partial charge in [0.1, 0.15) is 0 Å². The van der Waals surface area contributed by atoms with Gasteiger partial charge in [0.15, 0.2) is 0 Å². The number of piperidine rings is 1. The quantitative estimate of drug-likeness (QED) is 0.749. The number of benzene rings is 1. The summed E-state index contributed by atoms with van der Waals surface area (Å²) in [6, 6.07) is 4.56. The van der Waals surface area contributed by atoms with E-state index >= 15 is 0 Å². The molecule has 0 spiro atoms. The zero-order valence-corrected chi connectivity index (χ0v) is 16.7. The molecule has 8 nitrogen and oxygen atoms in total. The first-order valence-corrected chi connectivity index (χ1v) is 9.35. The second-order valence-corrected chi connectivity index (χ2v) is 8.36. The van der Waals surface area contributed by atoms with Crippen molar-refractivity contribution in [1.82, 2.24) is 20.4 Å². The third-order valence-corrected chi connectivity index (χ3v) is 4.98. The second kappa shape index (κ2) is 7.35. The number of nitrogens with one attached hydrogen (secondary N) is 2. The van der Waals surface area contributed by atoms with Crippen LogP contribution >= 0.6 is 0 Å². The highest BCUT2D eigenvalue weighted by Crippen LogP contribution is 2.30. The molecule has 1 atom stereocenters. The lowest BCUT2D eigenvalue weighted by atomic mass is 10.0. The molecule has 8 heteroatoms. The molecular formula is C20H26N4O4. The van der Waals surface area contributed by atoms with Crippen LogP contribution in [0.4, 0.5) is 4.79 Å². The van der Waals surface area contributed by atoms with Crippen molar-refractivity contribution in [3.8, 4) is 0 Å². The number of imide groups is 2. The maximum atomic E-state index is 12.9. The van der Waals surface area contributed by atoms with Gasteiger partial charge >= 0.3 is 6.03 Å². The number of fused-ring (bicyclic) bond motifs is 1. The first kappa shape index (κ1) is 20.0. The van der Waals surface area contributed by atoms with Crippen LogP contribution in [-0.4, -0.2) is 52.2 Å². The largest absolute Gasteiger partial charge is 0.333 e. The monoisotopic (exact) mass is 386 g/mol. The number of carbonyl (C=O) groups is 4. The summed E-state index contributed by atoms with van der Waals surface area (Å²) in [5.41, 5.74) is 1.79. The van der Waals surface area contributed by atoms with Crippen LogP contribution in [-0.2, 0) is 22.7 Å². The highest BCUT2D eigenvalue weighted by atomic mass is 16.2. The minimum atomic E-state index is -0.463. The Labute approximate surface area is 164 Å². The summed E-state index contributed by atoms with van der Waals surface area (Å²) >= 11 is 0. The molecule has 2 aliphatic rings. The van der Waals surface area contributed by atoms with Crippen molar-refractivity contribution in [1.29, 1.82) is 0 Å². The Morgan fingerprint density at radius 2 is 1.93 bits per heavy atom. The van der Waals surface area contributed by atoms with Crippen LogP contribution in [0.25, 0.3) is 0 Å². The van der Waals surface area contributed by atoms with E-state index in [0.29, 0.717) is 31.5 Å². The molecule has 3 rings (SSSR count). The molecule has 5 amide bonds. The van der Waals surface area contributed by atoms with Crippen LogP contribution in [0, 0.1) is 0 Å². The lowest BCUT2D eigenvalue weighted by Gasteiger charge is -2.29. The van der Waals surface area contributed by atoms with Crippen molar-refractivity contribution in [3.05, 3.63) is 34.9 Å². The summed E-state index contributed by atoms with van der Waals surface area (Å²) in [6.45, 7) is 6.50. The molecule has 1 saturated heterocycles. The fourth-order valence-corrected chi connectivity index (χ4v) is 3.58. The first-order valence-electron chi connectivity index (χ1n) is 9.35. The van der Waals surface area contributed by atoms with Crippen LogP contribution < -0.4 is 10.6 Å². The number of hydrogen-bond donors (Lipinski definition) is 2. The molecule has 1 aromatic rings. The van der Waals surface area contributed by atoms with Crippen molar-refractivity contribution >= 4 is 23.8 Å². The number of hydrogen-bond acceptors (Lipinski definition) is 5. The zero-order chi connectivity index (χ0) is 20.6. The Hall–Kier alpha value is -2.74. The van der Waals surface area contributed by atoms with E-state index in [-0.39, 0.29) is 17.7 Å². The summed E-state index contributed by atoms with van der Waals surface area (Å²) in [7, 11) is 1.45. The van der Waals surface area contributed by atoms with E-state index in [1.807, 2.05) is 31.7 Å². The summed E-state index contributed by atoms with van der Waals surface area (Å²) < 4.78 is 0. The summed E-state index contributed by atoms with van der Waals surface area (Å²) in [5.74, 6) is -0.928. The average Bonchev–Trinajstić information content (AvgIpc) is 3.02. The van der Waals surface area contributed by atoms with Crippen molar-refractivity contribution in [2.24, 2.45) is 0 Å². The van der Waals surface area contributed by atoms with Gasteiger partial charge in [0.05, 0.1) is 6.04 Å². The Bertz CT molecular complexity index is 843. The van der Waals surface area contributed by atoms with Crippen LogP contribution in [0.15, 0.2) is 18.2 Å². The normalized spacial score (nSPS) is 19.8. The first-order chi connectivity index (χ1) is 13.1. The second-order valence-electron chi connectivity index (χ2n) is 8.36. The van der Waals surface area contributed by atoms with E-state index in [9.17, 15) is 19.2 Å². The van der Waals surface area contributed by atoms with Gasteiger partial charge in [0, 0.05) is 37.7 Å². The van der Waals surface area contributed by atoms with Crippen LogP contribution in [0.1, 0.15) is 55.1 Å². The van der Waals surface area contributed by atoms with Crippen molar-refractivity contribution in [3.63, 3.8) is 0 Å². The molecule has 0 bridgehead atoms. The van der Waals surface area contributed by atoms with E-state index in [1.165, 1.54) is 7.05 Å². The van der Waals surface area contributed by atoms with Gasteiger partial charge in [-0.2, -0.15) is 0 Å². The Balaban J connectivity index is 1.78. The summed E-state index contributed by atoms with van der Waals surface area (Å²) in [4.78, 5) is 51.9. The van der Waals surface area contributed by atoms with Crippen LogP contribution in [0.3, 0.4) is 0 Å². The molecule has 2 N–H and O–H groups in total. The molecule has 0 aliphatic carbocycles. The number of carbonyl (C=O) groups excluding carboxylic acids is 4. The molecule has 0 saturated carbocycles. The average molecular weight is 386 g/mol. The summed E-state index contributed by atoms with van der Waals surface area (Å²) in [6.07, 6.45) is 0.778. The molecule has 1 aromatic carbocycles. The number of urea groups is 1. The number of nitrogens with zero attached hydrogens (tertiary/aromatic N) is 2. The van der Waals surface area contributed by atoms with E-state index in [4.69, 9.17) is 0 Å². The van der Waals surface area contributed by atoms with Gasteiger partial charge in [0.25, 0.3) is 5.91 Å². The number of rotatable bonds is 2. The van der Waals surface area contributed by atoms with Crippen LogP contribution in [0.5, 0.6) is 0 Å². The highest BCUT2D eigenvalue weighted by Gasteiger charge is 2.36. The fourth-order valence-electron chi connectivity index (χ4n) is 3.58. The van der Waals surface area contributed by atoms with Crippen molar-refractivity contribution < 1.29 is 19.2 Å². The topological polar surface area (TPSA) is 98.8 Å². The third-order valence-electron chi connectivity index (χ3n) is 4.98. The van der Waals surface area contributed by atoms with Gasteiger partial charge in [-0.1, -0.05) is 12.1 Å². The molecule has 1 unspecified atom stereocenters.